The Bertz CT molecular complexity index is 607. The van der Waals surface area contributed by atoms with Gasteiger partial charge < -0.3 is 11.1 Å². The first kappa shape index (κ1) is 15.4. The van der Waals surface area contributed by atoms with Crippen molar-refractivity contribution < 1.29 is 4.79 Å². The highest BCUT2D eigenvalue weighted by molar-refractivity contribution is 7.18. The summed E-state index contributed by atoms with van der Waals surface area (Å²) in [4.78, 5) is 16.7. The van der Waals surface area contributed by atoms with Crippen molar-refractivity contribution in [2.24, 2.45) is 11.7 Å². The summed E-state index contributed by atoms with van der Waals surface area (Å²) >= 11 is 1.73. The molecule has 2 atom stereocenters. The Balaban J connectivity index is 1.45. The van der Waals surface area contributed by atoms with E-state index in [0.29, 0.717) is 24.9 Å². The molecule has 2 unspecified atom stereocenters. The number of fused-ring (bicyclic) bond motifs is 1. The van der Waals surface area contributed by atoms with Crippen molar-refractivity contribution in [1.29, 1.82) is 0 Å². The number of aryl methyl sites for hydroxylation is 1. The number of amides is 1. The van der Waals surface area contributed by atoms with Crippen LogP contribution in [0.5, 0.6) is 0 Å². The molecule has 1 heterocycles. The highest BCUT2D eigenvalue weighted by Crippen LogP contribution is 2.25. The van der Waals surface area contributed by atoms with Gasteiger partial charge in [-0.15, -0.1) is 11.3 Å². The van der Waals surface area contributed by atoms with E-state index in [2.05, 4.69) is 16.4 Å². The standard InChI is InChI=1S/C17H23N3OS/c18-11-12-5-3-7-13(12)19-16(21)9-4-10-17-20-14-6-1-2-8-15(14)22-17/h1-2,6,8,12-13H,3-5,7,9-11,18H2,(H,19,21). The largest absolute Gasteiger partial charge is 0.353 e. The van der Waals surface area contributed by atoms with E-state index >= 15 is 0 Å². The number of carbonyl (C=O) groups excluding carboxylic acids is 1. The van der Waals surface area contributed by atoms with Gasteiger partial charge in [0.2, 0.25) is 5.91 Å². The Morgan fingerprint density at radius 1 is 1.36 bits per heavy atom. The van der Waals surface area contributed by atoms with E-state index in [4.69, 9.17) is 5.73 Å². The number of carbonyl (C=O) groups is 1. The molecule has 3 rings (SSSR count). The second-order valence-electron chi connectivity index (χ2n) is 6.03. The normalized spacial score (nSPS) is 21.3. The number of nitrogens with one attached hydrogen (secondary N) is 1. The zero-order valence-electron chi connectivity index (χ0n) is 12.8. The summed E-state index contributed by atoms with van der Waals surface area (Å²) in [7, 11) is 0. The lowest BCUT2D eigenvalue weighted by molar-refractivity contribution is -0.122. The zero-order valence-corrected chi connectivity index (χ0v) is 13.6. The molecule has 1 amide bonds. The van der Waals surface area contributed by atoms with E-state index in [-0.39, 0.29) is 5.91 Å². The molecule has 2 aromatic rings. The number of benzene rings is 1. The van der Waals surface area contributed by atoms with Gasteiger partial charge >= 0.3 is 0 Å². The van der Waals surface area contributed by atoms with E-state index in [9.17, 15) is 4.79 Å². The van der Waals surface area contributed by atoms with Crippen molar-refractivity contribution in [3.63, 3.8) is 0 Å². The fourth-order valence-electron chi connectivity index (χ4n) is 3.21. The lowest BCUT2D eigenvalue weighted by atomic mass is 10.0. The molecule has 3 N–H and O–H groups in total. The Kier molecular flexibility index (Phi) is 5.05. The minimum atomic E-state index is 0.159. The highest BCUT2D eigenvalue weighted by atomic mass is 32.1. The van der Waals surface area contributed by atoms with Crippen LogP contribution in [0.4, 0.5) is 0 Å². The van der Waals surface area contributed by atoms with E-state index in [1.54, 1.807) is 11.3 Å². The van der Waals surface area contributed by atoms with Gasteiger partial charge in [0.25, 0.3) is 0 Å². The van der Waals surface area contributed by atoms with Crippen LogP contribution in [0.1, 0.15) is 37.1 Å². The van der Waals surface area contributed by atoms with Crippen LogP contribution in [0.25, 0.3) is 10.2 Å². The maximum Gasteiger partial charge on any atom is 0.220 e. The van der Waals surface area contributed by atoms with Crippen molar-refractivity contribution in [3.8, 4) is 0 Å². The van der Waals surface area contributed by atoms with Gasteiger partial charge in [0.05, 0.1) is 15.2 Å². The molecular formula is C17H23N3OS. The van der Waals surface area contributed by atoms with Gasteiger partial charge in [-0.3, -0.25) is 4.79 Å². The maximum absolute atomic E-state index is 12.1. The monoisotopic (exact) mass is 317 g/mol. The molecule has 5 heteroatoms. The molecule has 0 bridgehead atoms. The van der Waals surface area contributed by atoms with Crippen molar-refractivity contribution >= 4 is 27.5 Å². The Hall–Kier alpha value is -1.46. The summed E-state index contributed by atoms with van der Waals surface area (Å²) in [5.41, 5.74) is 6.81. The number of para-hydroxylation sites is 1. The molecule has 0 saturated heterocycles. The molecule has 0 spiro atoms. The number of aromatic nitrogens is 1. The Labute approximate surface area is 135 Å². The highest BCUT2D eigenvalue weighted by Gasteiger charge is 2.26. The minimum Gasteiger partial charge on any atom is -0.353 e. The van der Waals surface area contributed by atoms with Crippen LogP contribution < -0.4 is 11.1 Å². The van der Waals surface area contributed by atoms with Crippen molar-refractivity contribution in [2.45, 2.75) is 44.6 Å². The van der Waals surface area contributed by atoms with Gasteiger partial charge in [-0.25, -0.2) is 4.98 Å². The van der Waals surface area contributed by atoms with Crippen LogP contribution in [0.2, 0.25) is 0 Å². The van der Waals surface area contributed by atoms with Crippen molar-refractivity contribution in [2.75, 3.05) is 6.54 Å². The van der Waals surface area contributed by atoms with Gasteiger partial charge in [-0.1, -0.05) is 18.6 Å². The predicted molar refractivity (Wildman–Crippen MR) is 90.9 cm³/mol. The summed E-state index contributed by atoms with van der Waals surface area (Å²) in [5, 5.41) is 4.28. The lowest BCUT2D eigenvalue weighted by Crippen LogP contribution is -2.39. The third-order valence-corrected chi connectivity index (χ3v) is 5.54. The summed E-state index contributed by atoms with van der Waals surface area (Å²) in [6.07, 6.45) is 5.70. The van der Waals surface area contributed by atoms with E-state index < -0.39 is 0 Å². The smallest absolute Gasteiger partial charge is 0.220 e. The topological polar surface area (TPSA) is 68.0 Å². The molecule has 1 aliphatic carbocycles. The van der Waals surface area contributed by atoms with Crippen LogP contribution in [0, 0.1) is 5.92 Å². The van der Waals surface area contributed by atoms with Gasteiger partial charge in [-0.05, 0) is 50.3 Å². The second kappa shape index (κ2) is 7.20. The van der Waals surface area contributed by atoms with Gasteiger partial charge in [-0.2, -0.15) is 0 Å². The maximum atomic E-state index is 12.1. The number of thiazole rings is 1. The minimum absolute atomic E-state index is 0.159. The molecule has 118 valence electrons. The fraction of sp³-hybridized carbons (Fsp3) is 0.529. The Morgan fingerprint density at radius 2 is 2.23 bits per heavy atom. The number of nitrogens with zero attached hydrogens (tertiary/aromatic N) is 1. The van der Waals surface area contributed by atoms with Crippen molar-refractivity contribution in [1.82, 2.24) is 10.3 Å². The third-order valence-electron chi connectivity index (χ3n) is 4.44. The lowest BCUT2D eigenvalue weighted by Gasteiger charge is -2.19. The number of nitrogens with two attached hydrogens (primary N) is 1. The molecular weight excluding hydrogens is 294 g/mol. The van der Waals surface area contributed by atoms with Crippen LogP contribution in [0.15, 0.2) is 24.3 Å². The van der Waals surface area contributed by atoms with E-state index in [1.165, 1.54) is 11.1 Å². The average Bonchev–Trinajstić information content (AvgIpc) is 3.12. The summed E-state index contributed by atoms with van der Waals surface area (Å²) in [5.74, 6) is 0.625. The second-order valence-corrected chi connectivity index (χ2v) is 7.14. The predicted octanol–water partition coefficient (Wildman–Crippen LogP) is 2.86. The summed E-state index contributed by atoms with van der Waals surface area (Å²) < 4.78 is 1.22. The number of hydrogen-bond donors (Lipinski definition) is 2. The molecule has 22 heavy (non-hydrogen) atoms. The molecule has 1 fully saturated rings. The van der Waals surface area contributed by atoms with E-state index in [1.807, 2.05) is 18.2 Å². The van der Waals surface area contributed by atoms with Crippen molar-refractivity contribution in [3.05, 3.63) is 29.3 Å². The van der Waals surface area contributed by atoms with Crippen LogP contribution in [-0.4, -0.2) is 23.5 Å². The first-order valence-corrected chi connectivity index (χ1v) is 8.92. The molecule has 4 nitrogen and oxygen atoms in total. The number of rotatable bonds is 6. The van der Waals surface area contributed by atoms with Gasteiger partial charge in [0, 0.05) is 12.5 Å². The van der Waals surface area contributed by atoms with E-state index in [0.717, 1.165) is 36.2 Å². The summed E-state index contributed by atoms with van der Waals surface area (Å²) in [6.45, 7) is 0.677. The first-order valence-electron chi connectivity index (χ1n) is 8.10. The molecule has 0 radical (unpaired) electrons. The molecule has 0 aliphatic heterocycles. The molecule has 1 aliphatic rings. The third kappa shape index (κ3) is 3.65. The fourth-order valence-corrected chi connectivity index (χ4v) is 4.22. The quantitative estimate of drug-likeness (QED) is 0.861. The summed E-state index contributed by atoms with van der Waals surface area (Å²) in [6, 6.07) is 8.47. The molecule has 1 aromatic carbocycles. The SMILES string of the molecule is NCC1CCCC1NC(=O)CCCc1nc2ccccc2s1. The number of hydrogen-bond acceptors (Lipinski definition) is 4. The average molecular weight is 317 g/mol. The van der Waals surface area contributed by atoms with Gasteiger partial charge in [0.1, 0.15) is 0 Å². The Morgan fingerprint density at radius 3 is 3.05 bits per heavy atom. The first-order chi connectivity index (χ1) is 10.8. The van der Waals surface area contributed by atoms with Gasteiger partial charge in [0.15, 0.2) is 0 Å². The van der Waals surface area contributed by atoms with Crippen LogP contribution in [0.3, 0.4) is 0 Å². The molecule has 1 saturated carbocycles. The van der Waals surface area contributed by atoms with Crippen LogP contribution in [-0.2, 0) is 11.2 Å². The zero-order chi connectivity index (χ0) is 15.4. The van der Waals surface area contributed by atoms with Crippen LogP contribution >= 0.6 is 11.3 Å². The molecule has 1 aromatic heterocycles.